The summed E-state index contributed by atoms with van der Waals surface area (Å²) in [5.41, 5.74) is 6.96. The molecule has 130 valence electrons. The Morgan fingerprint density at radius 2 is 2.21 bits per heavy atom. The highest BCUT2D eigenvalue weighted by atomic mass is 19.1. The largest absolute Gasteiger partial charge is 0.347 e. The SMILES string of the molecule is CN(C)C(=O)Cn1c(N2CC[C@@H](F)[C@H](N)C2)nc2cc(F)ccc21. The van der Waals surface area contributed by atoms with Gasteiger partial charge in [0.1, 0.15) is 18.5 Å². The summed E-state index contributed by atoms with van der Waals surface area (Å²) in [4.78, 5) is 20.0. The van der Waals surface area contributed by atoms with Gasteiger partial charge in [0.05, 0.1) is 17.1 Å². The lowest BCUT2D eigenvalue weighted by molar-refractivity contribution is -0.129. The van der Waals surface area contributed by atoms with Crippen LogP contribution >= 0.6 is 0 Å². The number of halogens is 2. The first-order chi connectivity index (χ1) is 11.4. The van der Waals surface area contributed by atoms with Crippen LogP contribution in [0.25, 0.3) is 11.0 Å². The first-order valence-electron chi connectivity index (χ1n) is 7.87. The summed E-state index contributed by atoms with van der Waals surface area (Å²) in [6.07, 6.45) is -0.736. The van der Waals surface area contributed by atoms with E-state index in [0.717, 1.165) is 0 Å². The van der Waals surface area contributed by atoms with Crippen molar-refractivity contribution in [3.63, 3.8) is 0 Å². The molecule has 0 aliphatic carbocycles. The van der Waals surface area contributed by atoms with Crippen molar-refractivity contribution in [3.8, 4) is 0 Å². The van der Waals surface area contributed by atoms with E-state index in [-0.39, 0.29) is 12.5 Å². The van der Waals surface area contributed by atoms with E-state index in [0.29, 0.717) is 36.5 Å². The van der Waals surface area contributed by atoms with Gasteiger partial charge in [-0.3, -0.25) is 4.79 Å². The number of hydrogen-bond donors (Lipinski definition) is 1. The van der Waals surface area contributed by atoms with Gasteiger partial charge in [0.2, 0.25) is 11.9 Å². The zero-order valence-corrected chi connectivity index (χ0v) is 13.7. The molecule has 1 saturated heterocycles. The van der Waals surface area contributed by atoms with Crippen LogP contribution in [0.1, 0.15) is 6.42 Å². The molecule has 0 radical (unpaired) electrons. The van der Waals surface area contributed by atoms with E-state index < -0.39 is 18.0 Å². The molecule has 6 nitrogen and oxygen atoms in total. The molecule has 1 amide bonds. The standard InChI is InChI=1S/C16H21F2N5O/c1-21(2)15(24)9-23-14-4-3-10(17)7-13(14)20-16(23)22-6-5-11(18)12(19)8-22/h3-4,7,11-12H,5-6,8-9,19H2,1-2H3/t11-,12-/m1/s1. The van der Waals surface area contributed by atoms with E-state index in [4.69, 9.17) is 5.73 Å². The maximum Gasteiger partial charge on any atom is 0.242 e. The summed E-state index contributed by atoms with van der Waals surface area (Å²) in [5.74, 6) is 0.0227. The summed E-state index contributed by atoms with van der Waals surface area (Å²) in [6, 6.07) is 3.67. The third kappa shape index (κ3) is 3.06. The van der Waals surface area contributed by atoms with Crippen molar-refractivity contribution in [2.75, 3.05) is 32.1 Å². The molecule has 0 spiro atoms. The normalized spacial score (nSPS) is 21.3. The summed E-state index contributed by atoms with van der Waals surface area (Å²) in [5, 5.41) is 0. The zero-order valence-electron chi connectivity index (χ0n) is 13.7. The van der Waals surface area contributed by atoms with Gasteiger partial charge < -0.3 is 20.1 Å². The lowest BCUT2D eigenvalue weighted by atomic mass is 10.1. The number of nitrogens with two attached hydrogens (primary N) is 1. The molecule has 24 heavy (non-hydrogen) atoms. The van der Waals surface area contributed by atoms with Gasteiger partial charge in [0.15, 0.2) is 0 Å². The number of imidazole rings is 1. The molecule has 0 saturated carbocycles. The summed E-state index contributed by atoms with van der Waals surface area (Å²) >= 11 is 0. The molecule has 1 fully saturated rings. The fraction of sp³-hybridized carbons (Fsp3) is 0.500. The number of piperidine rings is 1. The van der Waals surface area contributed by atoms with E-state index in [1.807, 2.05) is 4.90 Å². The number of anilines is 1. The van der Waals surface area contributed by atoms with Gasteiger partial charge >= 0.3 is 0 Å². The molecule has 2 atom stereocenters. The number of alkyl halides is 1. The van der Waals surface area contributed by atoms with Crippen LogP contribution in [0, 0.1) is 5.82 Å². The average Bonchev–Trinajstić information content (AvgIpc) is 2.87. The first-order valence-corrected chi connectivity index (χ1v) is 7.87. The highest BCUT2D eigenvalue weighted by Crippen LogP contribution is 2.26. The quantitative estimate of drug-likeness (QED) is 0.912. The molecule has 1 aliphatic rings. The van der Waals surface area contributed by atoms with E-state index in [2.05, 4.69) is 4.98 Å². The number of rotatable bonds is 3. The van der Waals surface area contributed by atoms with E-state index >= 15 is 0 Å². The lowest BCUT2D eigenvalue weighted by Crippen LogP contribution is -2.50. The molecule has 1 aromatic heterocycles. The Labute approximate surface area is 138 Å². The Hall–Kier alpha value is -2.22. The second kappa shape index (κ2) is 6.35. The van der Waals surface area contributed by atoms with Crippen LogP contribution in [-0.2, 0) is 11.3 Å². The second-order valence-corrected chi connectivity index (χ2v) is 6.33. The number of hydrogen-bond acceptors (Lipinski definition) is 4. The average molecular weight is 337 g/mol. The fourth-order valence-corrected chi connectivity index (χ4v) is 2.90. The number of benzene rings is 1. The maximum absolute atomic E-state index is 13.7. The van der Waals surface area contributed by atoms with Crippen LogP contribution < -0.4 is 10.6 Å². The topological polar surface area (TPSA) is 67.4 Å². The molecule has 3 rings (SSSR count). The smallest absolute Gasteiger partial charge is 0.242 e. The molecule has 0 bridgehead atoms. The predicted molar refractivity (Wildman–Crippen MR) is 88.1 cm³/mol. The van der Waals surface area contributed by atoms with Crippen LogP contribution in [-0.4, -0.2) is 59.8 Å². The molecule has 1 aliphatic heterocycles. The summed E-state index contributed by atoms with van der Waals surface area (Å²) in [7, 11) is 3.34. The van der Waals surface area contributed by atoms with Crippen molar-refractivity contribution >= 4 is 22.9 Å². The number of likely N-dealkylation sites (N-methyl/N-ethyl adjacent to an activating group) is 1. The molecule has 8 heteroatoms. The van der Waals surface area contributed by atoms with Crippen molar-refractivity contribution in [3.05, 3.63) is 24.0 Å². The van der Waals surface area contributed by atoms with Crippen molar-refractivity contribution in [2.24, 2.45) is 5.73 Å². The Kier molecular flexibility index (Phi) is 4.40. The van der Waals surface area contributed by atoms with Crippen molar-refractivity contribution < 1.29 is 13.6 Å². The number of aromatic nitrogens is 2. The van der Waals surface area contributed by atoms with Gasteiger partial charge in [-0.05, 0) is 18.6 Å². The predicted octanol–water partition coefficient (Wildman–Crippen LogP) is 1.14. The third-order valence-electron chi connectivity index (χ3n) is 4.34. The number of carbonyl (C=O) groups is 1. The third-order valence-corrected chi connectivity index (χ3v) is 4.34. The summed E-state index contributed by atoms with van der Waals surface area (Å²) in [6.45, 7) is 0.842. The minimum absolute atomic E-state index is 0.0786. The Morgan fingerprint density at radius 1 is 1.46 bits per heavy atom. The zero-order chi connectivity index (χ0) is 17.4. The van der Waals surface area contributed by atoms with Crippen LogP contribution in [0.3, 0.4) is 0 Å². The van der Waals surface area contributed by atoms with E-state index in [1.54, 1.807) is 24.7 Å². The van der Waals surface area contributed by atoms with Gasteiger partial charge in [0, 0.05) is 33.3 Å². The minimum atomic E-state index is -1.04. The maximum atomic E-state index is 13.7. The van der Waals surface area contributed by atoms with E-state index in [1.165, 1.54) is 17.0 Å². The Bertz CT molecular complexity index is 760. The van der Waals surface area contributed by atoms with Crippen LogP contribution in [0.15, 0.2) is 18.2 Å². The van der Waals surface area contributed by atoms with Crippen molar-refractivity contribution in [2.45, 2.75) is 25.2 Å². The fourth-order valence-electron chi connectivity index (χ4n) is 2.90. The summed E-state index contributed by atoms with van der Waals surface area (Å²) < 4.78 is 28.9. The number of carbonyl (C=O) groups excluding carboxylic acids is 1. The Morgan fingerprint density at radius 3 is 2.88 bits per heavy atom. The van der Waals surface area contributed by atoms with Crippen LogP contribution in [0.2, 0.25) is 0 Å². The molecule has 2 heterocycles. The van der Waals surface area contributed by atoms with E-state index in [9.17, 15) is 13.6 Å². The van der Waals surface area contributed by atoms with Gasteiger partial charge in [-0.1, -0.05) is 0 Å². The van der Waals surface area contributed by atoms with Crippen molar-refractivity contribution in [1.29, 1.82) is 0 Å². The molecule has 0 unspecified atom stereocenters. The molecule has 2 aromatic rings. The number of amides is 1. The van der Waals surface area contributed by atoms with Gasteiger partial charge in [-0.2, -0.15) is 0 Å². The van der Waals surface area contributed by atoms with Crippen molar-refractivity contribution in [1.82, 2.24) is 14.5 Å². The Balaban J connectivity index is 2.03. The monoisotopic (exact) mass is 337 g/mol. The van der Waals surface area contributed by atoms with Gasteiger partial charge in [-0.15, -0.1) is 0 Å². The number of fused-ring (bicyclic) bond motifs is 1. The highest BCUT2D eigenvalue weighted by Gasteiger charge is 2.29. The highest BCUT2D eigenvalue weighted by molar-refractivity contribution is 5.83. The molecule has 2 N–H and O–H groups in total. The minimum Gasteiger partial charge on any atom is -0.347 e. The van der Waals surface area contributed by atoms with Crippen LogP contribution in [0.5, 0.6) is 0 Å². The second-order valence-electron chi connectivity index (χ2n) is 6.33. The van der Waals surface area contributed by atoms with Gasteiger partial charge in [0.25, 0.3) is 0 Å². The molecular formula is C16H21F2N5O. The first kappa shape index (κ1) is 16.6. The molecule has 1 aromatic carbocycles. The number of nitrogens with zero attached hydrogens (tertiary/aromatic N) is 4. The van der Waals surface area contributed by atoms with Gasteiger partial charge in [-0.25, -0.2) is 13.8 Å². The molecular weight excluding hydrogens is 316 g/mol. The lowest BCUT2D eigenvalue weighted by Gasteiger charge is -2.34. The van der Waals surface area contributed by atoms with Crippen LogP contribution in [0.4, 0.5) is 14.7 Å².